The zero-order valence-electron chi connectivity index (χ0n) is 15.4. The maximum Gasteiger partial charge on any atom is 0.308 e. The normalized spacial score (nSPS) is 11.1. The van der Waals surface area contributed by atoms with E-state index in [1.54, 1.807) is 45.2 Å². The number of guanidine groups is 1. The topological polar surface area (TPSA) is 121 Å². The van der Waals surface area contributed by atoms with Crippen molar-refractivity contribution in [2.45, 2.75) is 32.8 Å². The molecule has 1 aromatic heterocycles. The number of carbonyl (C=O) groups excluding carboxylic acids is 2. The Hall–Kier alpha value is -2.87. The summed E-state index contributed by atoms with van der Waals surface area (Å²) in [5, 5.41) is 11.5. The number of pyridine rings is 1. The van der Waals surface area contributed by atoms with Crippen molar-refractivity contribution in [3.8, 4) is 0 Å². The average molecular weight is 392 g/mol. The summed E-state index contributed by atoms with van der Waals surface area (Å²) in [5.41, 5.74) is 5.70. The molecule has 27 heavy (non-hydrogen) atoms. The Morgan fingerprint density at radius 2 is 2.04 bits per heavy atom. The molecule has 1 heterocycles. The van der Waals surface area contributed by atoms with Crippen molar-refractivity contribution in [3.05, 3.63) is 36.2 Å². The lowest BCUT2D eigenvalue weighted by molar-refractivity contribution is -0.154. The van der Waals surface area contributed by atoms with Gasteiger partial charge in [0.05, 0.1) is 18.3 Å². The number of rotatable bonds is 5. The van der Waals surface area contributed by atoms with Crippen LogP contribution in [0.5, 0.6) is 0 Å². The monoisotopic (exact) mass is 391 g/mol. The molecule has 0 aliphatic rings. The van der Waals surface area contributed by atoms with Crippen molar-refractivity contribution in [3.63, 3.8) is 0 Å². The molecule has 144 valence electrons. The summed E-state index contributed by atoms with van der Waals surface area (Å²) in [5.74, 6) is -1.03. The number of anilines is 1. The standard InChI is InChI=1S/C18H22ClN5O3/c1-18(2,3)27-15(25)6-7-23-16(26)11-4-5-13-12(8-11)9-22-10-14(13)24(19)17(20)21/h4-5,8-10H,6-7H2,1-3H3,(H3,20,21)(H,23,26). The molecule has 0 atom stereocenters. The summed E-state index contributed by atoms with van der Waals surface area (Å²) in [6, 6.07) is 4.98. The molecule has 0 aliphatic heterocycles. The van der Waals surface area contributed by atoms with Crippen LogP contribution in [0.4, 0.5) is 5.69 Å². The smallest absolute Gasteiger partial charge is 0.308 e. The van der Waals surface area contributed by atoms with Crippen LogP contribution >= 0.6 is 11.8 Å². The first kappa shape index (κ1) is 20.4. The highest BCUT2D eigenvalue weighted by Crippen LogP contribution is 2.27. The second-order valence-electron chi connectivity index (χ2n) is 6.85. The number of nitrogens with two attached hydrogens (primary N) is 1. The molecule has 0 bridgehead atoms. The summed E-state index contributed by atoms with van der Waals surface area (Å²) >= 11 is 5.99. The van der Waals surface area contributed by atoms with Gasteiger partial charge < -0.3 is 15.8 Å². The Bertz CT molecular complexity index is 879. The zero-order chi connectivity index (χ0) is 20.2. The van der Waals surface area contributed by atoms with Gasteiger partial charge >= 0.3 is 5.97 Å². The Labute approximate surface area is 162 Å². The molecule has 0 spiro atoms. The molecule has 0 aliphatic carbocycles. The fourth-order valence-corrected chi connectivity index (χ4v) is 2.50. The van der Waals surface area contributed by atoms with Gasteiger partial charge in [0.25, 0.3) is 5.91 Å². The van der Waals surface area contributed by atoms with E-state index in [1.165, 1.54) is 6.20 Å². The number of benzene rings is 1. The summed E-state index contributed by atoms with van der Waals surface area (Å²) in [7, 11) is 0. The highest BCUT2D eigenvalue weighted by Gasteiger charge is 2.17. The van der Waals surface area contributed by atoms with Crippen molar-refractivity contribution in [2.24, 2.45) is 5.73 Å². The average Bonchev–Trinajstić information content (AvgIpc) is 2.58. The Morgan fingerprint density at radius 1 is 1.33 bits per heavy atom. The second-order valence-corrected chi connectivity index (χ2v) is 7.19. The minimum absolute atomic E-state index is 0.0854. The molecule has 0 saturated heterocycles. The number of esters is 1. The van der Waals surface area contributed by atoms with Crippen molar-refractivity contribution < 1.29 is 14.3 Å². The van der Waals surface area contributed by atoms with Gasteiger partial charge in [0.15, 0.2) is 0 Å². The lowest BCUT2D eigenvalue weighted by Gasteiger charge is -2.19. The lowest BCUT2D eigenvalue weighted by Crippen LogP contribution is -2.29. The van der Waals surface area contributed by atoms with Crippen molar-refractivity contribution >= 4 is 46.1 Å². The van der Waals surface area contributed by atoms with Gasteiger partial charge in [-0.3, -0.25) is 20.0 Å². The number of amides is 1. The Morgan fingerprint density at radius 3 is 2.67 bits per heavy atom. The van der Waals surface area contributed by atoms with E-state index in [-0.39, 0.29) is 30.8 Å². The summed E-state index contributed by atoms with van der Waals surface area (Å²) in [6.07, 6.45) is 3.15. The predicted molar refractivity (Wildman–Crippen MR) is 105 cm³/mol. The van der Waals surface area contributed by atoms with E-state index in [0.29, 0.717) is 22.0 Å². The molecule has 1 amide bonds. The van der Waals surface area contributed by atoms with E-state index in [2.05, 4.69) is 10.3 Å². The third-order valence-electron chi connectivity index (χ3n) is 3.46. The first-order chi connectivity index (χ1) is 12.6. The molecule has 1 aromatic carbocycles. The van der Waals surface area contributed by atoms with E-state index in [4.69, 9.17) is 27.7 Å². The minimum Gasteiger partial charge on any atom is -0.460 e. The van der Waals surface area contributed by atoms with Crippen LogP contribution in [0.2, 0.25) is 0 Å². The van der Waals surface area contributed by atoms with Gasteiger partial charge in [-0.05, 0) is 32.9 Å². The van der Waals surface area contributed by atoms with E-state index >= 15 is 0 Å². The van der Waals surface area contributed by atoms with E-state index in [0.717, 1.165) is 4.42 Å². The summed E-state index contributed by atoms with van der Waals surface area (Å²) in [4.78, 5) is 28.1. The van der Waals surface area contributed by atoms with Crippen LogP contribution in [0, 0.1) is 5.41 Å². The molecule has 8 nitrogen and oxygen atoms in total. The molecular weight excluding hydrogens is 370 g/mol. The number of nitrogens with zero attached hydrogens (tertiary/aromatic N) is 2. The van der Waals surface area contributed by atoms with E-state index in [1.807, 2.05) is 0 Å². The number of aromatic nitrogens is 1. The van der Waals surface area contributed by atoms with Crippen LogP contribution < -0.4 is 15.5 Å². The van der Waals surface area contributed by atoms with Crippen LogP contribution in [0.15, 0.2) is 30.6 Å². The predicted octanol–water partition coefficient (Wildman–Crippen LogP) is 2.55. The third-order valence-corrected chi connectivity index (χ3v) is 3.82. The Kier molecular flexibility index (Phi) is 6.22. The number of fused-ring (bicyclic) bond motifs is 1. The molecular formula is C18H22ClN5O3. The highest BCUT2D eigenvalue weighted by molar-refractivity contribution is 6.38. The van der Waals surface area contributed by atoms with Crippen LogP contribution in [0.1, 0.15) is 37.6 Å². The molecule has 2 aromatic rings. The van der Waals surface area contributed by atoms with Crippen molar-refractivity contribution in [1.29, 1.82) is 5.41 Å². The molecule has 0 fully saturated rings. The van der Waals surface area contributed by atoms with Gasteiger partial charge in [-0.1, -0.05) is 6.07 Å². The van der Waals surface area contributed by atoms with Crippen molar-refractivity contribution in [1.82, 2.24) is 10.3 Å². The van der Waals surface area contributed by atoms with Crippen molar-refractivity contribution in [2.75, 3.05) is 11.0 Å². The highest BCUT2D eigenvalue weighted by atomic mass is 35.5. The largest absolute Gasteiger partial charge is 0.460 e. The number of halogens is 1. The number of carbonyl (C=O) groups is 2. The SMILES string of the molecule is CC(C)(C)OC(=O)CCNC(=O)c1ccc2c(N(Cl)C(=N)N)cncc2c1. The van der Waals surface area contributed by atoms with Gasteiger partial charge in [0.2, 0.25) is 5.96 Å². The fraction of sp³-hybridized carbons (Fsp3) is 0.333. The third kappa shape index (κ3) is 5.55. The van der Waals surface area contributed by atoms with Gasteiger partial charge in [-0.15, -0.1) is 0 Å². The van der Waals surface area contributed by atoms with E-state index < -0.39 is 5.60 Å². The first-order valence-corrected chi connectivity index (χ1v) is 8.60. The molecule has 0 saturated carbocycles. The number of hydrogen-bond donors (Lipinski definition) is 3. The quantitative estimate of drug-likeness (QED) is 0.311. The molecule has 9 heteroatoms. The number of ether oxygens (including phenoxy) is 1. The number of hydrogen-bond acceptors (Lipinski definition) is 5. The van der Waals surface area contributed by atoms with Crippen LogP contribution in [0.25, 0.3) is 10.8 Å². The van der Waals surface area contributed by atoms with Crippen LogP contribution in [0.3, 0.4) is 0 Å². The van der Waals surface area contributed by atoms with Gasteiger partial charge in [-0.2, -0.15) is 0 Å². The molecule has 4 N–H and O–H groups in total. The fourth-order valence-electron chi connectivity index (χ4n) is 2.36. The minimum atomic E-state index is -0.555. The molecule has 2 rings (SSSR count). The molecule has 0 unspecified atom stereocenters. The van der Waals surface area contributed by atoms with Gasteiger partial charge in [-0.25, -0.2) is 4.42 Å². The maximum atomic E-state index is 12.3. The van der Waals surface area contributed by atoms with Gasteiger partial charge in [0, 0.05) is 40.9 Å². The van der Waals surface area contributed by atoms with Gasteiger partial charge in [0.1, 0.15) is 5.60 Å². The summed E-state index contributed by atoms with van der Waals surface area (Å²) in [6.45, 7) is 5.53. The number of nitrogens with one attached hydrogen (secondary N) is 2. The van der Waals surface area contributed by atoms with Crippen LogP contribution in [-0.2, 0) is 9.53 Å². The zero-order valence-corrected chi connectivity index (χ0v) is 16.1. The maximum absolute atomic E-state index is 12.3. The van der Waals surface area contributed by atoms with E-state index in [9.17, 15) is 9.59 Å². The second kappa shape index (κ2) is 8.22. The van der Waals surface area contributed by atoms with Crippen LogP contribution in [-0.4, -0.2) is 35.0 Å². The summed E-state index contributed by atoms with van der Waals surface area (Å²) < 4.78 is 6.18. The Balaban J connectivity index is 2.07. The molecule has 0 radical (unpaired) electrons. The first-order valence-electron chi connectivity index (χ1n) is 8.26. The lowest BCUT2D eigenvalue weighted by atomic mass is 10.1.